The number of halogens is 1. The Morgan fingerprint density at radius 1 is 1.80 bits per heavy atom. The summed E-state index contributed by atoms with van der Waals surface area (Å²) in [7, 11) is 0. The summed E-state index contributed by atoms with van der Waals surface area (Å²) in [4.78, 5) is 0. The van der Waals surface area contributed by atoms with Crippen molar-refractivity contribution in [1.82, 2.24) is 0 Å². The molecule has 0 radical (unpaired) electrons. The molecule has 0 bridgehead atoms. The van der Waals surface area contributed by atoms with Gasteiger partial charge >= 0.3 is 0 Å². The summed E-state index contributed by atoms with van der Waals surface area (Å²) in [5.74, 6) is 0. The van der Waals surface area contributed by atoms with E-state index in [4.69, 9.17) is 4.55 Å². The van der Waals surface area contributed by atoms with Crippen LogP contribution in [0.2, 0.25) is 0 Å². The molecule has 5 heteroatoms. The lowest BCUT2D eigenvalue weighted by Gasteiger charge is -1.87. The van der Waals surface area contributed by atoms with E-state index in [1.165, 1.54) is 11.3 Å². The highest BCUT2D eigenvalue weighted by Crippen LogP contribution is 2.28. The SMILES string of the molecule is Cc1cc(Br)sc1S(=O)O. The van der Waals surface area contributed by atoms with E-state index < -0.39 is 11.1 Å². The molecule has 0 aliphatic carbocycles. The molecule has 1 N–H and O–H groups in total. The molecule has 1 aromatic rings. The first-order valence-corrected chi connectivity index (χ1v) is 5.19. The van der Waals surface area contributed by atoms with Crippen molar-refractivity contribution in [2.24, 2.45) is 0 Å². The molecule has 1 unspecified atom stereocenters. The van der Waals surface area contributed by atoms with E-state index in [9.17, 15) is 4.21 Å². The first-order valence-electron chi connectivity index (χ1n) is 2.48. The normalized spacial score (nSPS) is 13.5. The summed E-state index contributed by atoms with van der Waals surface area (Å²) in [6.07, 6.45) is 0. The van der Waals surface area contributed by atoms with Gasteiger partial charge in [0.1, 0.15) is 4.21 Å². The number of aryl methyl sites for hydroxylation is 1. The van der Waals surface area contributed by atoms with Crippen molar-refractivity contribution < 1.29 is 8.76 Å². The Morgan fingerprint density at radius 2 is 2.40 bits per heavy atom. The summed E-state index contributed by atoms with van der Waals surface area (Å²) in [5.41, 5.74) is 0.859. The van der Waals surface area contributed by atoms with Crippen LogP contribution in [0, 0.1) is 6.92 Å². The predicted molar refractivity (Wildman–Crippen MR) is 45.8 cm³/mol. The molecule has 1 aromatic heterocycles. The largest absolute Gasteiger partial charge is 0.302 e. The third-order valence-electron chi connectivity index (χ3n) is 1.00. The fourth-order valence-corrected chi connectivity index (χ4v) is 3.27. The molecule has 0 saturated heterocycles. The highest BCUT2D eigenvalue weighted by molar-refractivity contribution is 9.11. The summed E-state index contributed by atoms with van der Waals surface area (Å²) < 4.78 is 20.6. The average molecular weight is 241 g/mol. The Labute approximate surface area is 73.7 Å². The molecule has 10 heavy (non-hydrogen) atoms. The Kier molecular flexibility index (Phi) is 2.62. The van der Waals surface area contributed by atoms with E-state index in [2.05, 4.69) is 15.9 Å². The van der Waals surface area contributed by atoms with Crippen molar-refractivity contribution in [3.05, 3.63) is 15.4 Å². The van der Waals surface area contributed by atoms with Crippen molar-refractivity contribution in [3.63, 3.8) is 0 Å². The molecular formula is C5H5BrO2S2. The van der Waals surface area contributed by atoms with Gasteiger partial charge in [0.15, 0.2) is 11.1 Å². The lowest BCUT2D eigenvalue weighted by molar-refractivity contribution is 0.566. The van der Waals surface area contributed by atoms with Crippen LogP contribution in [0.15, 0.2) is 14.1 Å². The molecule has 1 rings (SSSR count). The zero-order chi connectivity index (χ0) is 7.72. The molecule has 2 nitrogen and oxygen atoms in total. The van der Waals surface area contributed by atoms with Crippen LogP contribution in [0.3, 0.4) is 0 Å². The highest BCUT2D eigenvalue weighted by atomic mass is 79.9. The number of thiophene rings is 1. The molecule has 0 saturated carbocycles. The standard InChI is InChI=1S/C5H5BrO2S2/c1-3-2-4(6)9-5(3)10(7)8/h2H,1H3,(H,7,8). The van der Waals surface area contributed by atoms with Gasteiger partial charge in [-0.1, -0.05) is 0 Å². The first kappa shape index (κ1) is 8.39. The minimum Gasteiger partial charge on any atom is -0.302 e. The topological polar surface area (TPSA) is 37.3 Å². The van der Waals surface area contributed by atoms with Gasteiger partial charge in [0.05, 0.1) is 3.79 Å². The molecule has 0 amide bonds. The molecular weight excluding hydrogens is 236 g/mol. The molecule has 0 aliphatic heterocycles. The predicted octanol–water partition coefficient (Wildman–Crippen LogP) is 2.40. The van der Waals surface area contributed by atoms with Gasteiger partial charge in [0.2, 0.25) is 0 Å². The van der Waals surface area contributed by atoms with Crippen molar-refractivity contribution in [2.75, 3.05) is 0 Å². The Bertz CT molecular complexity index is 269. The van der Waals surface area contributed by atoms with Gasteiger partial charge in [0.25, 0.3) is 0 Å². The van der Waals surface area contributed by atoms with E-state index in [0.29, 0.717) is 4.21 Å². The maximum absolute atomic E-state index is 10.5. The Morgan fingerprint density at radius 3 is 2.60 bits per heavy atom. The molecule has 0 fully saturated rings. The third kappa shape index (κ3) is 1.66. The van der Waals surface area contributed by atoms with Crippen LogP contribution in [0.25, 0.3) is 0 Å². The average Bonchev–Trinajstić information content (AvgIpc) is 2.10. The minimum absolute atomic E-state index is 0.520. The second kappa shape index (κ2) is 3.13. The lowest BCUT2D eigenvalue weighted by atomic mass is 10.4. The van der Waals surface area contributed by atoms with Gasteiger partial charge < -0.3 is 4.55 Å². The van der Waals surface area contributed by atoms with Gasteiger partial charge in [0, 0.05) is 0 Å². The lowest BCUT2D eigenvalue weighted by Crippen LogP contribution is -1.84. The number of hydrogen-bond donors (Lipinski definition) is 1. The van der Waals surface area contributed by atoms with Crippen LogP contribution >= 0.6 is 27.3 Å². The molecule has 1 heterocycles. The summed E-state index contributed by atoms with van der Waals surface area (Å²) in [5, 5.41) is 0. The zero-order valence-electron chi connectivity index (χ0n) is 5.13. The molecule has 0 spiro atoms. The molecule has 0 aromatic carbocycles. The van der Waals surface area contributed by atoms with Crippen LogP contribution < -0.4 is 0 Å². The third-order valence-corrected chi connectivity index (χ3v) is 3.85. The summed E-state index contributed by atoms with van der Waals surface area (Å²) in [6.45, 7) is 1.81. The van der Waals surface area contributed by atoms with E-state index in [1.54, 1.807) is 0 Å². The van der Waals surface area contributed by atoms with Crippen LogP contribution in [-0.2, 0) is 11.1 Å². The highest BCUT2D eigenvalue weighted by Gasteiger charge is 2.07. The van der Waals surface area contributed by atoms with E-state index in [-0.39, 0.29) is 0 Å². The monoisotopic (exact) mass is 240 g/mol. The fraction of sp³-hybridized carbons (Fsp3) is 0.200. The maximum Gasteiger partial charge on any atom is 0.197 e. The molecule has 56 valence electrons. The van der Waals surface area contributed by atoms with E-state index >= 15 is 0 Å². The first-order chi connectivity index (χ1) is 4.61. The molecule has 0 aliphatic rings. The maximum atomic E-state index is 10.5. The number of rotatable bonds is 1. The van der Waals surface area contributed by atoms with Crippen molar-refractivity contribution >= 4 is 38.3 Å². The molecule has 1 atom stereocenters. The minimum atomic E-state index is -1.83. The van der Waals surface area contributed by atoms with Crippen molar-refractivity contribution in [2.45, 2.75) is 11.1 Å². The van der Waals surface area contributed by atoms with Gasteiger partial charge in [-0.25, -0.2) is 4.21 Å². The van der Waals surface area contributed by atoms with E-state index in [1.807, 2.05) is 13.0 Å². The smallest absolute Gasteiger partial charge is 0.197 e. The van der Waals surface area contributed by atoms with Crippen molar-refractivity contribution in [3.8, 4) is 0 Å². The van der Waals surface area contributed by atoms with Gasteiger partial charge in [-0.2, -0.15) is 0 Å². The zero-order valence-corrected chi connectivity index (χ0v) is 8.35. The van der Waals surface area contributed by atoms with Crippen LogP contribution in [0.5, 0.6) is 0 Å². The van der Waals surface area contributed by atoms with Crippen LogP contribution in [0.4, 0.5) is 0 Å². The van der Waals surface area contributed by atoms with E-state index in [0.717, 1.165) is 9.35 Å². The second-order valence-electron chi connectivity index (χ2n) is 1.77. The van der Waals surface area contributed by atoms with Gasteiger partial charge in [-0.05, 0) is 34.5 Å². The number of hydrogen-bond acceptors (Lipinski definition) is 2. The summed E-state index contributed by atoms with van der Waals surface area (Å²) in [6, 6.07) is 1.83. The fourth-order valence-electron chi connectivity index (χ4n) is 0.601. The second-order valence-corrected chi connectivity index (χ2v) is 5.37. The van der Waals surface area contributed by atoms with Crippen LogP contribution in [0.1, 0.15) is 5.56 Å². The van der Waals surface area contributed by atoms with Crippen LogP contribution in [-0.4, -0.2) is 8.76 Å². The Hall–Kier alpha value is 0.290. The van der Waals surface area contributed by atoms with Gasteiger partial charge in [-0.15, -0.1) is 11.3 Å². The quantitative estimate of drug-likeness (QED) is 0.766. The Balaban J connectivity index is 3.15. The van der Waals surface area contributed by atoms with Gasteiger partial charge in [-0.3, -0.25) is 0 Å². The van der Waals surface area contributed by atoms with Crippen molar-refractivity contribution in [1.29, 1.82) is 0 Å². The summed E-state index contributed by atoms with van der Waals surface area (Å²) >= 11 is 2.68.